The zero-order valence-corrected chi connectivity index (χ0v) is 10.1. The van der Waals surface area contributed by atoms with Crippen LogP contribution < -0.4 is 10.6 Å². The molecule has 0 spiro atoms. The predicted molar refractivity (Wildman–Crippen MR) is 65.6 cm³/mol. The Hall–Kier alpha value is -1.50. The molecule has 0 heterocycles. The van der Waals surface area contributed by atoms with Gasteiger partial charge in [-0.15, -0.1) is 0 Å². The average Bonchev–Trinajstić information content (AvgIpc) is 2.32. The number of amides is 1. The quantitative estimate of drug-likeness (QED) is 0.582. The standard InChI is InChI=1S/C12H17FN2O3/c1-12(18,8-16)7-14-6-11(17)15-10-5-3-2-4-9(10)13/h2-5,14,16,18H,6-8H2,1H3,(H,15,17). The van der Waals surface area contributed by atoms with Crippen LogP contribution in [-0.2, 0) is 4.79 Å². The van der Waals surface area contributed by atoms with E-state index in [1.807, 2.05) is 0 Å². The highest BCUT2D eigenvalue weighted by atomic mass is 19.1. The van der Waals surface area contributed by atoms with Crippen LogP contribution in [0.5, 0.6) is 0 Å². The second-order valence-electron chi connectivity index (χ2n) is 4.29. The third kappa shape index (κ3) is 4.79. The topological polar surface area (TPSA) is 81.6 Å². The van der Waals surface area contributed by atoms with Crippen molar-refractivity contribution in [2.75, 3.05) is 25.0 Å². The van der Waals surface area contributed by atoms with Crippen molar-refractivity contribution < 1.29 is 19.4 Å². The maximum absolute atomic E-state index is 13.2. The first-order valence-corrected chi connectivity index (χ1v) is 5.53. The van der Waals surface area contributed by atoms with Crippen LogP contribution in [0.1, 0.15) is 6.92 Å². The number of benzene rings is 1. The van der Waals surface area contributed by atoms with Gasteiger partial charge in [-0.05, 0) is 19.1 Å². The van der Waals surface area contributed by atoms with Gasteiger partial charge >= 0.3 is 0 Å². The van der Waals surface area contributed by atoms with E-state index in [9.17, 15) is 14.3 Å². The fourth-order valence-electron chi connectivity index (χ4n) is 1.26. The summed E-state index contributed by atoms with van der Waals surface area (Å²) in [7, 11) is 0. The minimum absolute atomic E-state index is 0.0637. The summed E-state index contributed by atoms with van der Waals surface area (Å²) in [5.41, 5.74) is -1.17. The van der Waals surface area contributed by atoms with Crippen molar-refractivity contribution in [3.05, 3.63) is 30.1 Å². The third-order valence-corrected chi connectivity index (χ3v) is 2.28. The van der Waals surface area contributed by atoms with Crippen LogP contribution >= 0.6 is 0 Å². The van der Waals surface area contributed by atoms with E-state index < -0.39 is 23.9 Å². The fraction of sp³-hybridized carbons (Fsp3) is 0.417. The van der Waals surface area contributed by atoms with Gasteiger partial charge in [0.1, 0.15) is 5.82 Å². The number of halogens is 1. The van der Waals surface area contributed by atoms with Crippen LogP contribution in [0, 0.1) is 5.82 Å². The molecule has 1 atom stereocenters. The lowest BCUT2D eigenvalue weighted by Gasteiger charge is -2.20. The van der Waals surface area contributed by atoms with Gasteiger partial charge in [0.05, 0.1) is 24.4 Å². The number of aliphatic hydroxyl groups excluding tert-OH is 1. The number of para-hydroxylation sites is 1. The largest absolute Gasteiger partial charge is 0.393 e. The number of hydrogen-bond donors (Lipinski definition) is 4. The maximum Gasteiger partial charge on any atom is 0.238 e. The van der Waals surface area contributed by atoms with E-state index in [4.69, 9.17) is 5.11 Å². The summed E-state index contributed by atoms with van der Waals surface area (Å²) in [5.74, 6) is -0.929. The lowest BCUT2D eigenvalue weighted by molar-refractivity contribution is -0.115. The van der Waals surface area contributed by atoms with E-state index in [0.29, 0.717) is 0 Å². The highest BCUT2D eigenvalue weighted by Gasteiger charge is 2.18. The van der Waals surface area contributed by atoms with Gasteiger partial charge in [0.2, 0.25) is 5.91 Å². The van der Waals surface area contributed by atoms with Crippen molar-refractivity contribution >= 4 is 11.6 Å². The summed E-state index contributed by atoms with van der Waals surface area (Å²) in [6, 6.07) is 5.85. The molecular formula is C12H17FN2O3. The monoisotopic (exact) mass is 256 g/mol. The molecule has 0 fully saturated rings. The van der Waals surface area contributed by atoms with E-state index in [1.165, 1.54) is 25.1 Å². The Morgan fingerprint density at radius 3 is 2.72 bits per heavy atom. The molecule has 4 N–H and O–H groups in total. The van der Waals surface area contributed by atoms with E-state index in [1.54, 1.807) is 6.07 Å². The Bertz CT molecular complexity index is 410. The van der Waals surface area contributed by atoms with Crippen molar-refractivity contribution in [3.63, 3.8) is 0 Å². The van der Waals surface area contributed by atoms with Crippen molar-refractivity contribution in [2.24, 2.45) is 0 Å². The molecule has 1 aromatic rings. The maximum atomic E-state index is 13.2. The number of hydrogen-bond acceptors (Lipinski definition) is 4. The molecule has 1 aromatic carbocycles. The van der Waals surface area contributed by atoms with Crippen LogP contribution in [-0.4, -0.2) is 41.4 Å². The third-order valence-electron chi connectivity index (χ3n) is 2.28. The van der Waals surface area contributed by atoms with Crippen LogP contribution in [0.4, 0.5) is 10.1 Å². The fourth-order valence-corrected chi connectivity index (χ4v) is 1.26. The summed E-state index contributed by atoms with van der Waals surface area (Å²) < 4.78 is 13.2. The van der Waals surface area contributed by atoms with Crippen molar-refractivity contribution in [3.8, 4) is 0 Å². The van der Waals surface area contributed by atoms with Crippen molar-refractivity contribution in [2.45, 2.75) is 12.5 Å². The molecule has 18 heavy (non-hydrogen) atoms. The molecule has 100 valence electrons. The molecule has 0 aliphatic rings. The molecule has 1 amide bonds. The van der Waals surface area contributed by atoms with Gasteiger partial charge in [-0.3, -0.25) is 4.79 Å². The molecule has 0 radical (unpaired) electrons. The average molecular weight is 256 g/mol. The van der Waals surface area contributed by atoms with E-state index in [0.717, 1.165) is 0 Å². The first-order chi connectivity index (χ1) is 8.44. The van der Waals surface area contributed by atoms with Crippen LogP contribution in [0.25, 0.3) is 0 Å². The van der Waals surface area contributed by atoms with Crippen molar-refractivity contribution in [1.82, 2.24) is 5.32 Å². The number of nitrogens with one attached hydrogen (secondary N) is 2. The Kier molecular flexibility index (Phi) is 5.21. The van der Waals surface area contributed by atoms with Gasteiger partial charge in [-0.2, -0.15) is 0 Å². The Morgan fingerprint density at radius 2 is 2.11 bits per heavy atom. The minimum Gasteiger partial charge on any atom is -0.393 e. The first kappa shape index (κ1) is 14.6. The minimum atomic E-state index is -1.28. The summed E-state index contributed by atoms with van der Waals surface area (Å²) in [6.07, 6.45) is 0. The molecule has 0 saturated carbocycles. The molecule has 1 unspecified atom stereocenters. The lowest BCUT2D eigenvalue weighted by atomic mass is 10.1. The van der Waals surface area contributed by atoms with Gasteiger partial charge in [0, 0.05) is 6.54 Å². The van der Waals surface area contributed by atoms with Crippen LogP contribution in [0.15, 0.2) is 24.3 Å². The second kappa shape index (κ2) is 6.44. The predicted octanol–water partition coefficient (Wildman–Crippen LogP) is 0.0971. The van der Waals surface area contributed by atoms with Gasteiger partial charge in [0.25, 0.3) is 0 Å². The van der Waals surface area contributed by atoms with Gasteiger partial charge in [-0.25, -0.2) is 4.39 Å². The van der Waals surface area contributed by atoms with Gasteiger partial charge < -0.3 is 20.8 Å². The Morgan fingerprint density at radius 1 is 1.44 bits per heavy atom. The lowest BCUT2D eigenvalue weighted by Crippen LogP contribution is -2.43. The van der Waals surface area contributed by atoms with Crippen molar-refractivity contribution in [1.29, 1.82) is 0 Å². The van der Waals surface area contributed by atoms with E-state index >= 15 is 0 Å². The van der Waals surface area contributed by atoms with Crippen LogP contribution in [0.2, 0.25) is 0 Å². The summed E-state index contributed by atoms with van der Waals surface area (Å²) in [4.78, 5) is 11.5. The van der Waals surface area contributed by atoms with E-state index in [-0.39, 0.29) is 18.8 Å². The highest BCUT2D eigenvalue weighted by molar-refractivity contribution is 5.92. The van der Waals surface area contributed by atoms with Crippen LogP contribution in [0.3, 0.4) is 0 Å². The SMILES string of the molecule is CC(O)(CO)CNCC(=O)Nc1ccccc1F. The molecule has 0 aromatic heterocycles. The number of carbonyl (C=O) groups is 1. The number of rotatable bonds is 6. The van der Waals surface area contributed by atoms with Gasteiger partial charge in [-0.1, -0.05) is 12.1 Å². The first-order valence-electron chi connectivity index (χ1n) is 5.53. The summed E-state index contributed by atoms with van der Waals surface area (Å²) in [6.45, 7) is 1.02. The zero-order chi connectivity index (χ0) is 13.6. The molecule has 0 aliphatic heterocycles. The van der Waals surface area contributed by atoms with Gasteiger partial charge in [0.15, 0.2) is 0 Å². The summed E-state index contributed by atoms with van der Waals surface area (Å²) >= 11 is 0. The molecule has 5 nitrogen and oxygen atoms in total. The smallest absolute Gasteiger partial charge is 0.238 e. The molecule has 6 heteroatoms. The normalized spacial score (nSPS) is 14.0. The number of aliphatic hydroxyl groups is 2. The molecular weight excluding hydrogens is 239 g/mol. The molecule has 0 aliphatic carbocycles. The Balaban J connectivity index is 2.37. The highest BCUT2D eigenvalue weighted by Crippen LogP contribution is 2.11. The second-order valence-corrected chi connectivity index (χ2v) is 4.29. The number of carbonyl (C=O) groups excluding carboxylic acids is 1. The molecule has 0 bridgehead atoms. The zero-order valence-electron chi connectivity index (χ0n) is 10.1. The molecule has 1 rings (SSSR count). The summed E-state index contributed by atoms with van der Waals surface area (Å²) in [5, 5.41) is 23.3. The Labute approximate surface area is 105 Å². The number of anilines is 1. The van der Waals surface area contributed by atoms with E-state index in [2.05, 4.69) is 10.6 Å². The molecule has 0 saturated heterocycles.